The lowest BCUT2D eigenvalue weighted by Gasteiger charge is -2.34. The highest BCUT2D eigenvalue weighted by molar-refractivity contribution is 5.85. The molecule has 0 aromatic carbocycles. The summed E-state index contributed by atoms with van der Waals surface area (Å²) in [7, 11) is 0. The van der Waals surface area contributed by atoms with Gasteiger partial charge in [0, 0.05) is 13.0 Å². The van der Waals surface area contributed by atoms with Crippen LogP contribution in [0, 0.1) is 10.8 Å². The maximum Gasteiger partial charge on any atom is 0.310 e. The number of carbonyl (C=O) groups excluding carboxylic acids is 1. The molecule has 0 aliphatic heterocycles. The molecule has 2 N–H and O–H groups in total. The molecule has 0 aromatic rings. The molecular weight excluding hydrogens is 254 g/mol. The normalized spacial score (nSPS) is 24.2. The average Bonchev–Trinajstić information content (AvgIpc) is 2.87. The summed E-state index contributed by atoms with van der Waals surface area (Å²) >= 11 is 0. The van der Waals surface area contributed by atoms with Crippen molar-refractivity contribution in [1.29, 1.82) is 0 Å². The average molecular weight is 281 g/mol. The van der Waals surface area contributed by atoms with Crippen molar-refractivity contribution in [3.05, 3.63) is 0 Å². The van der Waals surface area contributed by atoms with Gasteiger partial charge in [-0.15, -0.1) is 0 Å². The van der Waals surface area contributed by atoms with E-state index in [2.05, 4.69) is 12.2 Å². The smallest absolute Gasteiger partial charge is 0.310 e. The SMILES string of the molecule is CC1(CNC(=O)CC2(C(=O)O)CCCC2)CCCCC1. The highest BCUT2D eigenvalue weighted by Crippen LogP contribution is 2.41. The van der Waals surface area contributed by atoms with Crippen LogP contribution in [-0.4, -0.2) is 23.5 Å². The van der Waals surface area contributed by atoms with Crippen molar-refractivity contribution in [1.82, 2.24) is 5.32 Å². The van der Waals surface area contributed by atoms with Crippen molar-refractivity contribution in [3.8, 4) is 0 Å². The van der Waals surface area contributed by atoms with E-state index in [4.69, 9.17) is 0 Å². The fraction of sp³-hybridized carbons (Fsp3) is 0.875. The van der Waals surface area contributed by atoms with E-state index in [1.54, 1.807) is 0 Å². The van der Waals surface area contributed by atoms with Crippen LogP contribution in [-0.2, 0) is 9.59 Å². The summed E-state index contributed by atoms with van der Waals surface area (Å²) in [5.74, 6) is -0.880. The Balaban J connectivity index is 1.84. The maximum absolute atomic E-state index is 12.1. The van der Waals surface area contributed by atoms with Crippen LogP contribution in [0.25, 0.3) is 0 Å². The van der Waals surface area contributed by atoms with E-state index in [9.17, 15) is 14.7 Å². The third-order valence-electron chi connectivity index (χ3n) is 5.29. The van der Waals surface area contributed by atoms with Gasteiger partial charge in [-0.25, -0.2) is 0 Å². The van der Waals surface area contributed by atoms with Gasteiger partial charge in [-0.3, -0.25) is 9.59 Å². The Bertz CT molecular complexity index is 366. The third kappa shape index (κ3) is 3.53. The molecule has 0 atom stereocenters. The summed E-state index contributed by atoms with van der Waals surface area (Å²) in [6, 6.07) is 0. The zero-order valence-corrected chi connectivity index (χ0v) is 12.5. The lowest BCUT2D eigenvalue weighted by Crippen LogP contribution is -2.40. The second kappa shape index (κ2) is 6.15. The molecule has 20 heavy (non-hydrogen) atoms. The van der Waals surface area contributed by atoms with Crippen molar-refractivity contribution in [2.75, 3.05) is 6.54 Å². The van der Waals surface area contributed by atoms with E-state index >= 15 is 0 Å². The van der Waals surface area contributed by atoms with Gasteiger partial charge in [0.05, 0.1) is 5.41 Å². The molecule has 0 bridgehead atoms. The zero-order valence-electron chi connectivity index (χ0n) is 12.5. The number of carboxylic acid groups (broad SMARTS) is 1. The van der Waals surface area contributed by atoms with Crippen LogP contribution in [0.1, 0.15) is 71.1 Å². The van der Waals surface area contributed by atoms with Crippen molar-refractivity contribution >= 4 is 11.9 Å². The van der Waals surface area contributed by atoms with E-state index in [0.717, 1.165) is 25.7 Å². The van der Waals surface area contributed by atoms with Crippen LogP contribution in [0.15, 0.2) is 0 Å². The number of amides is 1. The van der Waals surface area contributed by atoms with Crippen LogP contribution in [0.4, 0.5) is 0 Å². The predicted molar refractivity (Wildman–Crippen MR) is 77.4 cm³/mol. The van der Waals surface area contributed by atoms with Crippen LogP contribution in [0.3, 0.4) is 0 Å². The van der Waals surface area contributed by atoms with Gasteiger partial charge in [-0.2, -0.15) is 0 Å². The molecule has 4 heteroatoms. The molecule has 0 heterocycles. The summed E-state index contributed by atoms with van der Waals surface area (Å²) in [5.41, 5.74) is -0.586. The van der Waals surface area contributed by atoms with Crippen LogP contribution in [0.2, 0.25) is 0 Å². The van der Waals surface area contributed by atoms with E-state index in [1.807, 2.05) is 0 Å². The first-order chi connectivity index (χ1) is 9.46. The summed E-state index contributed by atoms with van der Waals surface area (Å²) in [6.07, 6.45) is 9.41. The second-order valence-electron chi connectivity index (χ2n) is 7.12. The molecule has 0 aromatic heterocycles. The molecule has 2 fully saturated rings. The van der Waals surface area contributed by atoms with Crippen LogP contribution in [0.5, 0.6) is 0 Å². The number of hydrogen-bond acceptors (Lipinski definition) is 2. The molecule has 0 unspecified atom stereocenters. The second-order valence-corrected chi connectivity index (χ2v) is 7.12. The van der Waals surface area contributed by atoms with Crippen LogP contribution < -0.4 is 5.32 Å². The fourth-order valence-electron chi connectivity index (χ4n) is 3.78. The highest BCUT2D eigenvalue weighted by Gasteiger charge is 2.43. The molecule has 2 aliphatic carbocycles. The van der Waals surface area contributed by atoms with Gasteiger partial charge < -0.3 is 10.4 Å². The molecular formula is C16H27NO3. The largest absolute Gasteiger partial charge is 0.481 e. The van der Waals surface area contributed by atoms with E-state index < -0.39 is 11.4 Å². The fourth-order valence-corrected chi connectivity index (χ4v) is 3.78. The quantitative estimate of drug-likeness (QED) is 0.813. The predicted octanol–water partition coefficient (Wildman–Crippen LogP) is 3.11. The van der Waals surface area contributed by atoms with Gasteiger partial charge in [0.25, 0.3) is 0 Å². The Morgan fingerprint density at radius 3 is 2.10 bits per heavy atom. The Labute approximate surface area is 121 Å². The number of aliphatic carboxylic acids is 1. The lowest BCUT2D eigenvalue weighted by molar-refractivity contribution is -0.151. The Kier molecular flexibility index (Phi) is 4.71. The lowest BCUT2D eigenvalue weighted by atomic mass is 9.75. The first kappa shape index (κ1) is 15.3. The molecule has 1 amide bonds. The third-order valence-corrected chi connectivity index (χ3v) is 5.29. The van der Waals surface area contributed by atoms with Gasteiger partial charge in [0.15, 0.2) is 0 Å². The molecule has 0 saturated heterocycles. The first-order valence-electron chi connectivity index (χ1n) is 7.96. The van der Waals surface area contributed by atoms with E-state index in [-0.39, 0.29) is 17.7 Å². The summed E-state index contributed by atoms with van der Waals surface area (Å²) in [6.45, 7) is 2.93. The minimum absolute atomic E-state index is 0.0823. The summed E-state index contributed by atoms with van der Waals surface area (Å²) in [5, 5.41) is 12.4. The summed E-state index contributed by atoms with van der Waals surface area (Å²) < 4.78 is 0. The van der Waals surface area contributed by atoms with Crippen molar-refractivity contribution in [2.45, 2.75) is 71.1 Å². The van der Waals surface area contributed by atoms with Crippen molar-refractivity contribution in [2.24, 2.45) is 10.8 Å². The van der Waals surface area contributed by atoms with Gasteiger partial charge >= 0.3 is 5.97 Å². The standard InChI is InChI=1S/C16H27NO3/c1-15(7-3-2-4-8-15)12-17-13(18)11-16(14(19)20)9-5-6-10-16/h2-12H2,1H3,(H,17,18)(H,19,20). The molecule has 0 spiro atoms. The van der Waals surface area contributed by atoms with Crippen molar-refractivity contribution < 1.29 is 14.7 Å². The summed E-state index contributed by atoms with van der Waals surface area (Å²) in [4.78, 5) is 23.6. The molecule has 2 saturated carbocycles. The topological polar surface area (TPSA) is 66.4 Å². The van der Waals surface area contributed by atoms with E-state index in [1.165, 1.54) is 19.3 Å². The van der Waals surface area contributed by atoms with Crippen molar-refractivity contribution in [3.63, 3.8) is 0 Å². The Morgan fingerprint density at radius 2 is 1.55 bits per heavy atom. The highest BCUT2D eigenvalue weighted by atomic mass is 16.4. The molecule has 2 aliphatic rings. The van der Waals surface area contributed by atoms with Crippen LogP contribution >= 0.6 is 0 Å². The number of rotatable bonds is 5. The number of carbonyl (C=O) groups is 2. The maximum atomic E-state index is 12.1. The van der Waals surface area contributed by atoms with E-state index in [0.29, 0.717) is 19.4 Å². The Hall–Kier alpha value is -1.06. The minimum atomic E-state index is -0.797. The molecule has 2 rings (SSSR count). The van der Waals surface area contributed by atoms with Gasteiger partial charge in [0.2, 0.25) is 5.91 Å². The monoisotopic (exact) mass is 281 g/mol. The minimum Gasteiger partial charge on any atom is -0.481 e. The number of nitrogens with one attached hydrogen (secondary N) is 1. The first-order valence-corrected chi connectivity index (χ1v) is 7.96. The van der Waals surface area contributed by atoms with Gasteiger partial charge in [-0.05, 0) is 31.1 Å². The van der Waals surface area contributed by atoms with Gasteiger partial charge in [-0.1, -0.05) is 39.0 Å². The Morgan fingerprint density at radius 1 is 1.00 bits per heavy atom. The zero-order chi connectivity index (χ0) is 14.6. The molecule has 4 nitrogen and oxygen atoms in total. The number of carboxylic acids is 1. The number of hydrogen-bond donors (Lipinski definition) is 2. The molecule has 114 valence electrons. The molecule has 0 radical (unpaired) electrons. The van der Waals surface area contributed by atoms with Gasteiger partial charge in [0.1, 0.15) is 0 Å².